The molecule has 0 aliphatic heterocycles. The van der Waals surface area contributed by atoms with Crippen molar-refractivity contribution in [2.75, 3.05) is 7.11 Å². The number of rotatable bonds is 2. The number of carbonyl (C=O) groups is 1. The largest absolute Gasteiger partial charge is 1.00 e. The van der Waals surface area contributed by atoms with Crippen molar-refractivity contribution >= 4 is 5.97 Å². The van der Waals surface area contributed by atoms with Crippen molar-refractivity contribution in [1.82, 2.24) is 0 Å². The number of para-hydroxylation sites is 1. The van der Waals surface area contributed by atoms with Gasteiger partial charge in [-0.05, 0) is 12.1 Å². The summed E-state index contributed by atoms with van der Waals surface area (Å²) in [5.74, 6) is -1.71. The van der Waals surface area contributed by atoms with Crippen LogP contribution >= 0.6 is 0 Å². The second-order valence-electron chi connectivity index (χ2n) is 2.14. The number of phenols is 1. The Morgan fingerprint density at radius 3 is 2.62 bits per heavy atom. The summed E-state index contributed by atoms with van der Waals surface area (Å²) in [6, 6.07) is 4.17. The van der Waals surface area contributed by atoms with E-state index in [1.54, 1.807) is 0 Å². The van der Waals surface area contributed by atoms with Crippen LogP contribution < -0.4 is 39.4 Å². The smallest absolute Gasteiger partial charge is 0.545 e. The molecule has 13 heavy (non-hydrogen) atoms. The van der Waals surface area contributed by atoms with Gasteiger partial charge >= 0.3 is 29.6 Å². The van der Waals surface area contributed by atoms with Gasteiger partial charge in [-0.15, -0.1) is 0 Å². The van der Waals surface area contributed by atoms with Crippen LogP contribution in [0.1, 0.15) is 10.4 Å². The van der Waals surface area contributed by atoms with E-state index in [1.165, 1.54) is 25.3 Å². The Morgan fingerprint density at radius 1 is 1.54 bits per heavy atom. The summed E-state index contributed by atoms with van der Waals surface area (Å²) in [5.41, 5.74) is -0.269. The van der Waals surface area contributed by atoms with Gasteiger partial charge in [-0.2, -0.15) is 0 Å². The van der Waals surface area contributed by atoms with Crippen LogP contribution in [0.5, 0.6) is 11.5 Å². The van der Waals surface area contributed by atoms with Crippen molar-refractivity contribution in [3.8, 4) is 11.5 Å². The summed E-state index contributed by atoms with van der Waals surface area (Å²) in [4.78, 5) is 10.4. The number of ether oxygens (including phenoxy) is 1. The first kappa shape index (κ1) is 12.3. The van der Waals surface area contributed by atoms with Gasteiger partial charge in [0, 0.05) is 5.56 Å². The van der Waals surface area contributed by atoms with Crippen LogP contribution in [0.2, 0.25) is 0 Å². The van der Waals surface area contributed by atoms with Gasteiger partial charge in [0.15, 0.2) is 11.5 Å². The second-order valence-corrected chi connectivity index (χ2v) is 2.14. The molecule has 0 aromatic heterocycles. The fourth-order valence-corrected chi connectivity index (χ4v) is 0.852. The predicted molar refractivity (Wildman–Crippen MR) is 39.0 cm³/mol. The van der Waals surface area contributed by atoms with Crippen LogP contribution in [0.4, 0.5) is 0 Å². The summed E-state index contributed by atoms with van der Waals surface area (Å²) in [7, 11) is 1.34. The molecule has 5 heteroatoms. The molecule has 0 atom stereocenters. The topological polar surface area (TPSA) is 69.6 Å². The minimum Gasteiger partial charge on any atom is -0.545 e. The zero-order valence-corrected chi connectivity index (χ0v) is 9.40. The number of methoxy groups -OCH3 is 1. The van der Waals surface area contributed by atoms with E-state index >= 15 is 0 Å². The van der Waals surface area contributed by atoms with Gasteiger partial charge in [-0.3, -0.25) is 0 Å². The monoisotopic (exact) mass is 190 g/mol. The Hall–Kier alpha value is -0.710. The van der Waals surface area contributed by atoms with Crippen molar-refractivity contribution in [3.63, 3.8) is 0 Å². The average Bonchev–Trinajstić information content (AvgIpc) is 2.04. The van der Waals surface area contributed by atoms with Gasteiger partial charge < -0.3 is 19.7 Å². The van der Waals surface area contributed by atoms with E-state index in [-0.39, 0.29) is 40.9 Å². The summed E-state index contributed by atoms with van der Waals surface area (Å²) in [6.07, 6.45) is 0. The van der Waals surface area contributed by atoms with E-state index < -0.39 is 11.7 Å². The molecule has 0 amide bonds. The molecule has 0 saturated carbocycles. The molecule has 0 aliphatic rings. The molecular formula is C8H7NaO4. The molecule has 1 rings (SSSR count). The predicted octanol–water partition coefficient (Wildman–Crippen LogP) is -3.23. The number of benzene rings is 1. The molecule has 0 bridgehead atoms. The Labute approximate surface area is 97.4 Å². The standard InChI is InChI=1S/C8H8O4.Na/c1-12-6-4-2-3-5(7(6)9)8(10)11;/h2-4,9H,1H3,(H,10,11);/q;+1/p-1. The molecule has 0 spiro atoms. The first-order valence-electron chi connectivity index (χ1n) is 3.24. The summed E-state index contributed by atoms with van der Waals surface area (Å²) in [5, 5.41) is 19.6. The molecule has 1 N–H and O–H groups in total. The van der Waals surface area contributed by atoms with Crippen LogP contribution in [-0.2, 0) is 0 Å². The zero-order chi connectivity index (χ0) is 9.14. The third kappa shape index (κ3) is 2.62. The molecule has 4 nitrogen and oxygen atoms in total. The minimum atomic E-state index is -1.42. The third-order valence-electron chi connectivity index (χ3n) is 1.44. The van der Waals surface area contributed by atoms with Crippen LogP contribution in [0.15, 0.2) is 18.2 Å². The summed E-state index contributed by atoms with van der Waals surface area (Å²) in [6.45, 7) is 0. The maximum absolute atomic E-state index is 10.4. The molecule has 0 fully saturated rings. The number of carboxylic acid groups (broad SMARTS) is 1. The Balaban J connectivity index is 0.00000144. The molecule has 0 heterocycles. The van der Waals surface area contributed by atoms with Gasteiger partial charge in [-0.25, -0.2) is 0 Å². The number of aromatic hydroxyl groups is 1. The average molecular weight is 190 g/mol. The van der Waals surface area contributed by atoms with Crippen LogP contribution in [0, 0.1) is 0 Å². The van der Waals surface area contributed by atoms with Gasteiger partial charge in [0.1, 0.15) is 0 Å². The Bertz CT molecular complexity index is 311. The van der Waals surface area contributed by atoms with E-state index in [0.717, 1.165) is 0 Å². The Kier molecular flexibility index (Phi) is 4.83. The quantitative estimate of drug-likeness (QED) is 0.498. The molecular weight excluding hydrogens is 183 g/mol. The molecule has 0 unspecified atom stereocenters. The first-order chi connectivity index (χ1) is 5.66. The van der Waals surface area contributed by atoms with E-state index in [2.05, 4.69) is 0 Å². The third-order valence-corrected chi connectivity index (χ3v) is 1.44. The number of carboxylic acids is 1. The first-order valence-corrected chi connectivity index (χ1v) is 3.24. The normalized spacial score (nSPS) is 8.69. The van der Waals surface area contributed by atoms with Crippen LogP contribution in [0.3, 0.4) is 0 Å². The van der Waals surface area contributed by atoms with E-state index in [4.69, 9.17) is 4.74 Å². The zero-order valence-electron chi connectivity index (χ0n) is 7.40. The number of hydrogen-bond donors (Lipinski definition) is 1. The van der Waals surface area contributed by atoms with Crippen LogP contribution in [-0.4, -0.2) is 18.2 Å². The van der Waals surface area contributed by atoms with E-state index in [9.17, 15) is 15.0 Å². The summed E-state index contributed by atoms with van der Waals surface area (Å²) >= 11 is 0. The molecule has 64 valence electrons. The van der Waals surface area contributed by atoms with Gasteiger partial charge in [0.2, 0.25) is 0 Å². The van der Waals surface area contributed by atoms with Crippen molar-refractivity contribution in [1.29, 1.82) is 0 Å². The molecule has 1 aromatic carbocycles. The molecule has 0 aliphatic carbocycles. The van der Waals surface area contributed by atoms with Gasteiger partial charge in [0.05, 0.1) is 13.1 Å². The van der Waals surface area contributed by atoms with Gasteiger partial charge in [0.25, 0.3) is 0 Å². The van der Waals surface area contributed by atoms with E-state index in [1.807, 2.05) is 0 Å². The second kappa shape index (κ2) is 5.11. The minimum absolute atomic E-state index is 0. The fourth-order valence-electron chi connectivity index (χ4n) is 0.852. The van der Waals surface area contributed by atoms with E-state index in [0.29, 0.717) is 0 Å². The molecule has 1 aromatic rings. The van der Waals surface area contributed by atoms with Crippen molar-refractivity contribution < 1.29 is 49.3 Å². The summed E-state index contributed by atoms with van der Waals surface area (Å²) < 4.78 is 4.69. The van der Waals surface area contributed by atoms with Crippen molar-refractivity contribution in [2.24, 2.45) is 0 Å². The van der Waals surface area contributed by atoms with Crippen molar-refractivity contribution in [2.45, 2.75) is 0 Å². The fraction of sp³-hybridized carbons (Fsp3) is 0.125. The Morgan fingerprint density at radius 2 is 2.15 bits per heavy atom. The number of carbonyl (C=O) groups excluding carboxylic acids is 1. The van der Waals surface area contributed by atoms with Gasteiger partial charge in [-0.1, -0.05) is 6.07 Å². The van der Waals surface area contributed by atoms with Crippen LogP contribution in [0.25, 0.3) is 0 Å². The SMILES string of the molecule is COc1cccc(C(=O)[O-])c1O.[Na+]. The maximum Gasteiger partial charge on any atom is 1.00 e. The number of hydrogen-bond acceptors (Lipinski definition) is 4. The molecule has 0 radical (unpaired) electrons. The van der Waals surface area contributed by atoms with Crippen molar-refractivity contribution in [3.05, 3.63) is 23.8 Å². The maximum atomic E-state index is 10.4. The molecule has 0 saturated heterocycles. The number of aromatic carboxylic acids is 1.